The minimum atomic E-state index is -0.198. The van der Waals surface area contributed by atoms with Crippen molar-refractivity contribution in [3.05, 3.63) is 30.3 Å². The Kier molecular flexibility index (Phi) is 3.53. The molecule has 78 valence electrons. The SMILES string of the molecule is CCN(c1ccccc1)C(C)(C)CO. The summed E-state index contributed by atoms with van der Waals surface area (Å²) in [5.74, 6) is 0. The lowest BCUT2D eigenvalue weighted by molar-refractivity contribution is 0.212. The summed E-state index contributed by atoms with van der Waals surface area (Å²) in [6.07, 6.45) is 0. The average Bonchev–Trinajstić information content (AvgIpc) is 2.20. The third-order valence-corrected chi connectivity index (χ3v) is 2.50. The summed E-state index contributed by atoms with van der Waals surface area (Å²) in [4.78, 5) is 2.20. The Balaban J connectivity index is 2.93. The van der Waals surface area contributed by atoms with Crippen LogP contribution in [0.15, 0.2) is 30.3 Å². The van der Waals surface area contributed by atoms with E-state index < -0.39 is 0 Å². The van der Waals surface area contributed by atoms with Crippen LogP contribution in [0.4, 0.5) is 5.69 Å². The van der Waals surface area contributed by atoms with Crippen LogP contribution in [-0.4, -0.2) is 23.8 Å². The number of nitrogens with zero attached hydrogens (tertiary/aromatic N) is 1. The van der Waals surface area contributed by atoms with Crippen LogP contribution in [0.25, 0.3) is 0 Å². The number of hydrogen-bond donors (Lipinski definition) is 1. The lowest BCUT2D eigenvalue weighted by Gasteiger charge is -2.38. The molecular formula is C12H19NO. The molecule has 0 spiro atoms. The Labute approximate surface area is 86.2 Å². The first kappa shape index (κ1) is 11.1. The van der Waals surface area contributed by atoms with Crippen LogP contribution in [-0.2, 0) is 0 Å². The van der Waals surface area contributed by atoms with E-state index in [0.29, 0.717) is 0 Å². The second-order valence-electron chi connectivity index (χ2n) is 4.05. The summed E-state index contributed by atoms with van der Waals surface area (Å²) in [6, 6.07) is 10.2. The first-order valence-electron chi connectivity index (χ1n) is 5.05. The van der Waals surface area contributed by atoms with Crippen LogP contribution < -0.4 is 4.90 Å². The van der Waals surface area contributed by atoms with Gasteiger partial charge >= 0.3 is 0 Å². The van der Waals surface area contributed by atoms with Crippen LogP contribution in [0.2, 0.25) is 0 Å². The molecule has 0 fully saturated rings. The monoisotopic (exact) mass is 193 g/mol. The molecule has 1 aromatic carbocycles. The highest BCUT2D eigenvalue weighted by molar-refractivity contribution is 5.48. The molecule has 2 nitrogen and oxygen atoms in total. The number of aliphatic hydroxyl groups excluding tert-OH is 1. The Morgan fingerprint density at radius 2 is 1.79 bits per heavy atom. The molecule has 0 bridgehead atoms. The topological polar surface area (TPSA) is 23.5 Å². The second kappa shape index (κ2) is 4.47. The van der Waals surface area contributed by atoms with Crippen LogP contribution in [0.1, 0.15) is 20.8 Å². The largest absolute Gasteiger partial charge is 0.394 e. The minimum absolute atomic E-state index is 0.162. The molecule has 0 amide bonds. The van der Waals surface area contributed by atoms with Gasteiger partial charge in [-0.05, 0) is 32.9 Å². The Morgan fingerprint density at radius 1 is 1.21 bits per heavy atom. The highest BCUT2D eigenvalue weighted by atomic mass is 16.3. The number of rotatable bonds is 4. The summed E-state index contributed by atoms with van der Waals surface area (Å²) < 4.78 is 0. The Bertz CT molecular complexity index is 269. The molecule has 0 aliphatic heterocycles. The number of anilines is 1. The lowest BCUT2D eigenvalue weighted by atomic mass is 10.0. The van der Waals surface area contributed by atoms with E-state index in [9.17, 15) is 5.11 Å². The molecule has 1 N–H and O–H groups in total. The highest BCUT2D eigenvalue weighted by Gasteiger charge is 2.24. The molecule has 0 aliphatic carbocycles. The standard InChI is InChI=1S/C12H19NO/c1-4-13(12(2,3)10-14)11-8-6-5-7-9-11/h5-9,14H,4,10H2,1-3H3. The van der Waals surface area contributed by atoms with Crippen molar-refractivity contribution in [1.82, 2.24) is 0 Å². The molecule has 14 heavy (non-hydrogen) atoms. The van der Waals surface area contributed by atoms with Gasteiger partial charge in [0.15, 0.2) is 0 Å². The van der Waals surface area contributed by atoms with Crippen molar-refractivity contribution < 1.29 is 5.11 Å². The molecule has 0 atom stereocenters. The number of likely N-dealkylation sites (N-methyl/N-ethyl adjacent to an activating group) is 1. The van der Waals surface area contributed by atoms with Gasteiger partial charge in [0.05, 0.1) is 12.1 Å². The Hall–Kier alpha value is -1.02. The maximum atomic E-state index is 9.32. The van der Waals surface area contributed by atoms with Crippen LogP contribution in [0.5, 0.6) is 0 Å². The smallest absolute Gasteiger partial charge is 0.0658 e. The third-order valence-electron chi connectivity index (χ3n) is 2.50. The van der Waals surface area contributed by atoms with Gasteiger partial charge in [0.2, 0.25) is 0 Å². The molecular weight excluding hydrogens is 174 g/mol. The van der Waals surface area contributed by atoms with Crippen molar-refractivity contribution >= 4 is 5.69 Å². The fourth-order valence-electron chi connectivity index (χ4n) is 1.65. The molecule has 2 heteroatoms. The maximum absolute atomic E-state index is 9.32. The van der Waals surface area contributed by atoms with Gasteiger partial charge in [-0.1, -0.05) is 18.2 Å². The minimum Gasteiger partial charge on any atom is -0.394 e. The zero-order chi connectivity index (χ0) is 10.6. The molecule has 1 rings (SSSR count). The van der Waals surface area contributed by atoms with E-state index >= 15 is 0 Å². The predicted molar refractivity (Wildman–Crippen MR) is 60.6 cm³/mol. The molecule has 0 heterocycles. The van der Waals surface area contributed by atoms with Crippen LogP contribution in [0, 0.1) is 0 Å². The van der Waals surface area contributed by atoms with Gasteiger partial charge in [-0.3, -0.25) is 0 Å². The molecule has 0 unspecified atom stereocenters. The van der Waals surface area contributed by atoms with Crippen molar-refractivity contribution in [1.29, 1.82) is 0 Å². The fraction of sp³-hybridized carbons (Fsp3) is 0.500. The van der Waals surface area contributed by atoms with E-state index in [-0.39, 0.29) is 12.1 Å². The molecule has 0 saturated carbocycles. The van der Waals surface area contributed by atoms with Gasteiger partial charge in [-0.25, -0.2) is 0 Å². The predicted octanol–water partition coefficient (Wildman–Crippen LogP) is 2.28. The Morgan fingerprint density at radius 3 is 2.21 bits per heavy atom. The number of hydrogen-bond acceptors (Lipinski definition) is 2. The zero-order valence-corrected chi connectivity index (χ0v) is 9.20. The van der Waals surface area contributed by atoms with Gasteiger partial charge in [-0.15, -0.1) is 0 Å². The summed E-state index contributed by atoms with van der Waals surface area (Å²) in [5.41, 5.74) is 0.963. The van der Waals surface area contributed by atoms with E-state index in [0.717, 1.165) is 12.2 Å². The quantitative estimate of drug-likeness (QED) is 0.793. The molecule has 1 aromatic rings. The van der Waals surface area contributed by atoms with Crippen molar-refractivity contribution in [3.8, 4) is 0 Å². The summed E-state index contributed by atoms with van der Waals surface area (Å²) in [5, 5.41) is 9.32. The van der Waals surface area contributed by atoms with Gasteiger partial charge < -0.3 is 10.0 Å². The second-order valence-corrected chi connectivity index (χ2v) is 4.05. The summed E-state index contributed by atoms with van der Waals surface area (Å²) in [7, 11) is 0. The highest BCUT2D eigenvalue weighted by Crippen LogP contribution is 2.22. The van der Waals surface area contributed by atoms with Crippen molar-refractivity contribution in [2.75, 3.05) is 18.1 Å². The number of aliphatic hydroxyl groups is 1. The van der Waals surface area contributed by atoms with Crippen molar-refractivity contribution in [2.45, 2.75) is 26.3 Å². The first-order valence-corrected chi connectivity index (χ1v) is 5.05. The van der Waals surface area contributed by atoms with E-state index in [1.54, 1.807) is 0 Å². The van der Waals surface area contributed by atoms with Crippen molar-refractivity contribution in [2.24, 2.45) is 0 Å². The third kappa shape index (κ3) is 2.26. The van der Waals surface area contributed by atoms with E-state index in [1.165, 1.54) is 0 Å². The zero-order valence-electron chi connectivity index (χ0n) is 9.20. The van der Waals surface area contributed by atoms with E-state index in [4.69, 9.17) is 0 Å². The lowest BCUT2D eigenvalue weighted by Crippen LogP contribution is -2.46. The average molecular weight is 193 g/mol. The number of benzene rings is 1. The molecule has 0 saturated heterocycles. The molecule has 0 aliphatic rings. The van der Waals surface area contributed by atoms with Crippen LogP contribution >= 0.6 is 0 Å². The maximum Gasteiger partial charge on any atom is 0.0658 e. The van der Waals surface area contributed by atoms with Gasteiger partial charge in [0, 0.05) is 12.2 Å². The fourth-order valence-corrected chi connectivity index (χ4v) is 1.65. The van der Waals surface area contributed by atoms with E-state index in [2.05, 4.69) is 24.0 Å². The molecule has 0 radical (unpaired) electrons. The van der Waals surface area contributed by atoms with Crippen molar-refractivity contribution in [3.63, 3.8) is 0 Å². The van der Waals surface area contributed by atoms with Gasteiger partial charge in [-0.2, -0.15) is 0 Å². The summed E-state index contributed by atoms with van der Waals surface area (Å²) >= 11 is 0. The summed E-state index contributed by atoms with van der Waals surface area (Å²) in [6.45, 7) is 7.25. The van der Waals surface area contributed by atoms with Gasteiger partial charge in [0.1, 0.15) is 0 Å². The van der Waals surface area contributed by atoms with Gasteiger partial charge in [0.25, 0.3) is 0 Å². The molecule has 0 aromatic heterocycles. The van der Waals surface area contributed by atoms with E-state index in [1.807, 2.05) is 32.0 Å². The normalized spacial score (nSPS) is 11.4. The number of para-hydroxylation sites is 1. The van der Waals surface area contributed by atoms with Crippen LogP contribution in [0.3, 0.4) is 0 Å². The first-order chi connectivity index (χ1) is 6.61.